The summed E-state index contributed by atoms with van der Waals surface area (Å²) in [7, 11) is 1.58. The van der Waals surface area contributed by atoms with E-state index in [1.807, 2.05) is 20.8 Å². The van der Waals surface area contributed by atoms with E-state index in [2.05, 4.69) is 15.0 Å². The Bertz CT molecular complexity index is 627. The highest BCUT2D eigenvalue weighted by atomic mass is 19.1. The van der Waals surface area contributed by atoms with Crippen molar-refractivity contribution < 1.29 is 13.9 Å². The largest absolute Gasteiger partial charge is 0.434 e. The number of ether oxygens (including phenoxy) is 2. The average molecular weight is 291 g/mol. The van der Waals surface area contributed by atoms with Crippen molar-refractivity contribution in [2.75, 3.05) is 7.11 Å². The van der Waals surface area contributed by atoms with Gasteiger partial charge in [0.25, 0.3) is 5.95 Å². The molecule has 0 saturated heterocycles. The molecule has 112 valence electrons. The Morgan fingerprint density at radius 3 is 2.62 bits per heavy atom. The maximum absolute atomic E-state index is 13.6. The number of methoxy groups -OCH3 is 1. The molecule has 2 aromatic rings. The molecule has 0 aromatic carbocycles. The smallest absolute Gasteiger partial charge is 0.255 e. The van der Waals surface area contributed by atoms with Gasteiger partial charge in [-0.15, -0.1) is 0 Å². The zero-order valence-electron chi connectivity index (χ0n) is 12.6. The van der Waals surface area contributed by atoms with Crippen LogP contribution >= 0.6 is 0 Å². The molecular formula is C15H18FN3O2. The Balaban J connectivity index is 2.38. The van der Waals surface area contributed by atoms with Crippen LogP contribution in [-0.4, -0.2) is 22.1 Å². The van der Waals surface area contributed by atoms with E-state index in [0.717, 1.165) is 0 Å². The number of nitrogens with zero attached hydrogens (tertiary/aromatic N) is 3. The average Bonchev–Trinajstić information content (AvgIpc) is 2.41. The molecule has 0 N–H and O–H groups in total. The van der Waals surface area contributed by atoms with E-state index in [9.17, 15) is 4.39 Å². The topological polar surface area (TPSA) is 57.1 Å². The van der Waals surface area contributed by atoms with E-state index in [0.29, 0.717) is 18.1 Å². The lowest BCUT2D eigenvalue weighted by Crippen LogP contribution is -2.17. The molecule has 0 aliphatic carbocycles. The standard InChI is InChI=1S/C15H18FN3O2/c1-15(2,3)14-18-10(9-20-4)8-12(19-14)21-11-6-5-7-17-13(11)16/h5-8H,9H2,1-4H3. The van der Waals surface area contributed by atoms with Crippen LogP contribution in [0.5, 0.6) is 11.6 Å². The molecule has 2 rings (SSSR count). The summed E-state index contributed by atoms with van der Waals surface area (Å²) < 4.78 is 24.1. The van der Waals surface area contributed by atoms with Crippen LogP contribution in [0.15, 0.2) is 24.4 Å². The first-order valence-electron chi connectivity index (χ1n) is 6.56. The van der Waals surface area contributed by atoms with Crippen LogP contribution in [0, 0.1) is 5.95 Å². The number of halogens is 1. The molecule has 0 bridgehead atoms. The van der Waals surface area contributed by atoms with Gasteiger partial charge < -0.3 is 9.47 Å². The molecule has 0 aliphatic rings. The fourth-order valence-electron chi connectivity index (χ4n) is 1.64. The zero-order valence-corrected chi connectivity index (χ0v) is 12.6. The van der Waals surface area contributed by atoms with Crippen LogP contribution in [0.25, 0.3) is 0 Å². The van der Waals surface area contributed by atoms with Crippen LogP contribution in [0.2, 0.25) is 0 Å². The molecular weight excluding hydrogens is 273 g/mol. The van der Waals surface area contributed by atoms with Gasteiger partial charge in [0, 0.05) is 24.8 Å². The predicted octanol–water partition coefficient (Wildman–Crippen LogP) is 3.25. The van der Waals surface area contributed by atoms with Crippen molar-refractivity contribution in [3.05, 3.63) is 41.9 Å². The van der Waals surface area contributed by atoms with Crippen molar-refractivity contribution in [2.45, 2.75) is 32.8 Å². The highest BCUT2D eigenvalue weighted by Gasteiger charge is 2.20. The Morgan fingerprint density at radius 2 is 2.00 bits per heavy atom. The molecule has 21 heavy (non-hydrogen) atoms. The van der Waals surface area contributed by atoms with Crippen molar-refractivity contribution in [3.8, 4) is 11.6 Å². The normalized spacial score (nSPS) is 11.5. The molecule has 2 heterocycles. The van der Waals surface area contributed by atoms with Crippen molar-refractivity contribution in [3.63, 3.8) is 0 Å². The van der Waals surface area contributed by atoms with Gasteiger partial charge in [0.05, 0.1) is 12.3 Å². The second-order valence-corrected chi connectivity index (χ2v) is 5.60. The second-order valence-electron chi connectivity index (χ2n) is 5.60. The Hall–Kier alpha value is -2.08. The highest BCUT2D eigenvalue weighted by molar-refractivity contribution is 5.27. The van der Waals surface area contributed by atoms with Crippen molar-refractivity contribution in [2.24, 2.45) is 0 Å². The Kier molecular flexibility index (Phi) is 4.47. The van der Waals surface area contributed by atoms with E-state index >= 15 is 0 Å². The summed E-state index contributed by atoms with van der Waals surface area (Å²) in [6, 6.07) is 4.72. The summed E-state index contributed by atoms with van der Waals surface area (Å²) >= 11 is 0. The molecule has 0 saturated carbocycles. The van der Waals surface area contributed by atoms with Crippen LogP contribution < -0.4 is 4.74 Å². The van der Waals surface area contributed by atoms with E-state index < -0.39 is 5.95 Å². The molecule has 0 spiro atoms. The lowest BCUT2D eigenvalue weighted by atomic mass is 9.95. The summed E-state index contributed by atoms with van der Waals surface area (Å²) in [6.45, 7) is 6.31. The molecule has 0 aliphatic heterocycles. The third-order valence-corrected chi connectivity index (χ3v) is 2.66. The molecule has 0 fully saturated rings. The Labute approximate surface area is 123 Å². The Morgan fingerprint density at radius 1 is 1.24 bits per heavy atom. The number of rotatable bonds is 4. The summed E-state index contributed by atoms with van der Waals surface area (Å²) in [5, 5.41) is 0. The molecule has 0 atom stereocenters. The molecule has 0 radical (unpaired) electrons. The lowest BCUT2D eigenvalue weighted by molar-refractivity contribution is 0.180. The van der Waals surface area contributed by atoms with Gasteiger partial charge in [0.1, 0.15) is 5.82 Å². The number of hydrogen-bond donors (Lipinski definition) is 0. The first-order chi connectivity index (χ1) is 9.90. The zero-order chi connectivity index (χ0) is 15.5. The molecule has 0 amide bonds. The summed E-state index contributed by atoms with van der Waals surface area (Å²) in [5.41, 5.74) is 0.423. The number of aromatic nitrogens is 3. The summed E-state index contributed by atoms with van der Waals surface area (Å²) in [6.07, 6.45) is 1.36. The minimum Gasteiger partial charge on any atom is -0.434 e. The van der Waals surface area contributed by atoms with Crippen LogP contribution in [0.3, 0.4) is 0 Å². The van der Waals surface area contributed by atoms with Crippen molar-refractivity contribution >= 4 is 0 Å². The van der Waals surface area contributed by atoms with Crippen LogP contribution in [0.1, 0.15) is 32.3 Å². The van der Waals surface area contributed by atoms with Crippen LogP contribution in [-0.2, 0) is 16.8 Å². The fourth-order valence-corrected chi connectivity index (χ4v) is 1.64. The van der Waals surface area contributed by atoms with E-state index in [-0.39, 0.29) is 17.0 Å². The molecule has 6 heteroatoms. The maximum Gasteiger partial charge on any atom is 0.255 e. The predicted molar refractivity (Wildman–Crippen MR) is 75.7 cm³/mol. The lowest BCUT2D eigenvalue weighted by Gasteiger charge is -2.18. The van der Waals surface area contributed by atoms with Gasteiger partial charge in [-0.25, -0.2) is 9.97 Å². The molecule has 0 unspecified atom stereocenters. The first kappa shape index (κ1) is 15.3. The maximum atomic E-state index is 13.6. The SMILES string of the molecule is COCc1cc(Oc2cccnc2F)nc(C(C)(C)C)n1. The van der Waals surface area contributed by atoms with E-state index in [1.165, 1.54) is 12.3 Å². The van der Waals surface area contributed by atoms with Gasteiger partial charge >= 0.3 is 0 Å². The van der Waals surface area contributed by atoms with Gasteiger partial charge in [-0.05, 0) is 12.1 Å². The summed E-state index contributed by atoms with van der Waals surface area (Å²) in [4.78, 5) is 12.3. The molecule has 2 aromatic heterocycles. The van der Waals surface area contributed by atoms with Gasteiger partial charge in [0.15, 0.2) is 5.75 Å². The minimum absolute atomic E-state index is 0.0272. The highest BCUT2D eigenvalue weighted by Crippen LogP contribution is 2.25. The van der Waals surface area contributed by atoms with Crippen LogP contribution in [0.4, 0.5) is 4.39 Å². The van der Waals surface area contributed by atoms with Crippen molar-refractivity contribution in [1.29, 1.82) is 0 Å². The fraction of sp³-hybridized carbons (Fsp3) is 0.400. The summed E-state index contributed by atoms with van der Waals surface area (Å²) in [5.74, 6) is 0.228. The van der Waals surface area contributed by atoms with E-state index in [4.69, 9.17) is 9.47 Å². The second kappa shape index (κ2) is 6.13. The van der Waals surface area contributed by atoms with Crippen molar-refractivity contribution in [1.82, 2.24) is 15.0 Å². The van der Waals surface area contributed by atoms with E-state index in [1.54, 1.807) is 19.2 Å². The first-order valence-corrected chi connectivity index (χ1v) is 6.56. The van der Waals surface area contributed by atoms with Gasteiger partial charge in [0.2, 0.25) is 5.88 Å². The van der Waals surface area contributed by atoms with Gasteiger partial charge in [-0.1, -0.05) is 20.8 Å². The minimum atomic E-state index is -0.679. The molecule has 5 nitrogen and oxygen atoms in total. The third-order valence-electron chi connectivity index (χ3n) is 2.66. The number of hydrogen-bond acceptors (Lipinski definition) is 5. The quantitative estimate of drug-likeness (QED) is 0.809. The number of pyridine rings is 1. The monoisotopic (exact) mass is 291 g/mol. The third kappa shape index (κ3) is 3.95. The van der Waals surface area contributed by atoms with Gasteiger partial charge in [-0.3, -0.25) is 0 Å². The van der Waals surface area contributed by atoms with Gasteiger partial charge in [-0.2, -0.15) is 9.37 Å².